The van der Waals surface area contributed by atoms with Crippen molar-refractivity contribution < 1.29 is 4.74 Å². The average molecular weight is 442 g/mol. The predicted octanol–water partition coefficient (Wildman–Crippen LogP) is 3.65. The highest BCUT2D eigenvalue weighted by Gasteiger charge is 2.13. The lowest BCUT2D eigenvalue weighted by atomic mass is 10.3. The van der Waals surface area contributed by atoms with E-state index in [0.29, 0.717) is 13.1 Å². The number of thiazole rings is 1. The summed E-state index contributed by atoms with van der Waals surface area (Å²) >= 11 is 1.62. The van der Waals surface area contributed by atoms with Crippen LogP contribution in [0, 0.1) is 13.8 Å². The van der Waals surface area contributed by atoms with Crippen LogP contribution < -0.4 is 5.32 Å². The lowest BCUT2D eigenvalue weighted by molar-refractivity contribution is 0.119. The zero-order valence-corrected chi connectivity index (χ0v) is 19.9. The molecule has 1 atom stereocenters. The first-order chi connectivity index (χ1) is 14.9. The molecule has 3 heterocycles. The molecule has 31 heavy (non-hydrogen) atoms. The molecule has 0 fully saturated rings. The maximum Gasteiger partial charge on any atom is 0.194 e. The van der Waals surface area contributed by atoms with Crippen LogP contribution in [0.5, 0.6) is 0 Å². The standard InChI is InChI=1S/C22H31N7OS/c1-7-23-22(28(5)13-19-14-31-21(26-19)17(4)30-6)25-12-18-8-9-20(24-11-18)29-16(3)10-15(2)27-29/h8-11,14,17H,7,12-13H2,1-6H3,(H,23,25). The maximum atomic E-state index is 5.36. The van der Waals surface area contributed by atoms with Gasteiger partial charge in [-0.25, -0.2) is 19.6 Å². The summed E-state index contributed by atoms with van der Waals surface area (Å²) in [5.74, 6) is 1.64. The second-order valence-electron chi connectivity index (χ2n) is 7.44. The Bertz CT molecular complexity index is 1010. The molecule has 1 unspecified atom stereocenters. The molecule has 0 saturated carbocycles. The fraction of sp³-hybridized carbons (Fsp3) is 0.455. The zero-order chi connectivity index (χ0) is 22.4. The van der Waals surface area contributed by atoms with Crippen LogP contribution in [0.2, 0.25) is 0 Å². The molecule has 3 aromatic rings. The van der Waals surface area contributed by atoms with Gasteiger partial charge < -0.3 is 15.0 Å². The smallest absolute Gasteiger partial charge is 0.194 e. The van der Waals surface area contributed by atoms with Crippen molar-refractivity contribution in [2.45, 2.75) is 46.9 Å². The average Bonchev–Trinajstić information content (AvgIpc) is 3.36. The van der Waals surface area contributed by atoms with Crippen molar-refractivity contribution in [1.82, 2.24) is 30.0 Å². The van der Waals surface area contributed by atoms with Crippen molar-refractivity contribution in [3.63, 3.8) is 0 Å². The van der Waals surface area contributed by atoms with Crippen molar-refractivity contribution in [3.8, 4) is 5.82 Å². The normalized spacial score (nSPS) is 12.8. The van der Waals surface area contributed by atoms with E-state index in [-0.39, 0.29) is 6.10 Å². The molecule has 166 valence electrons. The third-order valence-electron chi connectivity index (χ3n) is 4.81. The number of hydrogen-bond acceptors (Lipinski definition) is 6. The molecule has 0 aliphatic carbocycles. The summed E-state index contributed by atoms with van der Waals surface area (Å²) in [6.07, 6.45) is 1.87. The molecule has 0 radical (unpaired) electrons. The Hall–Kier alpha value is -2.78. The number of aromatic nitrogens is 4. The fourth-order valence-electron chi connectivity index (χ4n) is 3.13. The van der Waals surface area contributed by atoms with Crippen molar-refractivity contribution in [1.29, 1.82) is 0 Å². The summed E-state index contributed by atoms with van der Waals surface area (Å²) < 4.78 is 7.21. The van der Waals surface area contributed by atoms with Crippen LogP contribution >= 0.6 is 11.3 Å². The highest BCUT2D eigenvalue weighted by Crippen LogP contribution is 2.21. The van der Waals surface area contributed by atoms with E-state index in [9.17, 15) is 0 Å². The van der Waals surface area contributed by atoms with Gasteiger partial charge in [0.25, 0.3) is 0 Å². The number of rotatable bonds is 8. The first-order valence-corrected chi connectivity index (χ1v) is 11.2. The van der Waals surface area contributed by atoms with Crippen molar-refractivity contribution in [3.05, 3.63) is 57.4 Å². The Morgan fingerprint density at radius 2 is 2.16 bits per heavy atom. The van der Waals surface area contributed by atoms with Crippen LogP contribution in [0.25, 0.3) is 5.82 Å². The van der Waals surface area contributed by atoms with Gasteiger partial charge in [0.15, 0.2) is 11.8 Å². The molecule has 1 N–H and O–H groups in total. The number of methoxy groups -OCH3 is 1. The number of ether oxygens (including phenoxy) is 1. The Balaban J connectivity index is 1.67. The van der Waals surface area contributed by atoms with Gasteiger partial charge in [-0.05, 0) is 45.4 Å². The highest BCUT2D eigenvalue weighted by molar-refractivity contribution is 7.09. The molecule has 0 amide bonds. The summed E-state index contributed by atoms with van der Waals surface area (Å²) in [5, 5.41) is 10.9. The highest BCUT2D eigenvalue weighted by atomic mass is 32.1. The summed E-state index contributed by atoms with van der Waals surface area (Å²) in [7, 11) is 3.72. The van der Waals surface area contributed by atoms with Crippen molar-refractivity contribution in [2.24, 2.45) is 4.99 Å². The van der Waals surface area contributed by atoms with Gasteiger partial charge in [-0.3, -0.25) is 0 Å². The molecular weight excluding hydrogens is 410 g/mol. The third kappa shape index (κ3) is 5.89. The summed E-state index contributed by atoms with van der Waals surface area (Å²) in [4.78, 5) is 16.1. The first-order valence-electron chi connectivity index (χ1n) is 10.4. The molecule has 8 nitrogen and oxygen atoms in total. The second kappa shape index (κ2) is 10.5. The van der Waals surface area contributed by atoms with Gasteiger partial charge in [-0.15, -0.1) is 11.3 Å². The Morgan fingerprint density at radius 3 is 2.77 bits per heavy atom. The van der Waals surface area contributed by atoms with Gasteiger partial charge in [0.2, 0.25) is 0 Å². The number of aryl methyl sites for hydroxylation is 2. The molecule has 0 aliphatic rings. The molecule has 0 bridgehead atoms. The van der Waals surface area contributed by atoms with E-state index in [1.165, 1.54) is 0 Å². The van der Waals surface area contributed by atoms with Gasteiger partial charge in [0, 0.05) is 38.0 Å². The van der Waals surface area contributed by atoms with Gasteiger partial charge >= 0.3 is 0 Å². The van der Waals surface area contributed by atoms with E-state index in [1.807, 2.05) is 56.9 Å². The quantitative estimate of drug-likeness (QED) is 0.425. The van der Waals surface area contributed by atoms with Crippen LogP contribution in [-0.4, -0.2) is 51.3 Å². The number of aliphatic imine (C=N–C) groups is 1. The predicted molar refractivity (Wildman–Crippen MR) is 125 cm³/mol. The summed E-state index contributed by atoms with van der Waals surface area (Å²) in [6.45, 7) is 10.1. The Kier molecular flexibility index (Phi) is 7.75. The monoisotopic (exact) mass is 441 g/mol. The van der Waals surface area contributed by atoms with Crippen LogP contribution in [0.3, 0.4) is 0 Å². The number of nitrogens with zero attached hydrogens (tertiary/aromatic N) is 6. The molecule has 0 aromatic carbocycles. The minimum Gasteiger partial charge on any atom is -0.375 e. The maximum absolute atomic E-state index is 5.36. The van der Waals surface area contributed by atoms with Gasteiger partial charge in [-0.1, -0.05) is 6.07 Å². The lowest BCUT2D eigenvalue weighted by Gasteiger charge is -2.21. The van der Waals surface area contributed by atoms with Crippen LogP contribution in [0.15, 0.2) is 34.8 Å². The summed E-state index contributed by atoms with van der Waals surface area (Å²) in [5.41, 5.74) is 4.10. The van der Waals surface area contributed by atoms with Gasteiger partial charge in [0.05, 0.1) is 24.5 Å². The summed E-state index contributed by atoms with van der Waals surface area (Å²) in [6, 6.07) is 6.07. The molecule has 0 saturated heterocycles. The molecule has 3 aromatic heterocycles. The van der Waals surface area contributed by atoms with E-state index in [1.54, 1.807) is 18.4 Å². The molecule has 9 heteroatoms. The van der Waals surface area contributed by atoms with Crippen LogP contribution in [-0.2, 0) is 17.8 Å². The van der Waals surface area contributed by atoms with Crippen LogP contribution in [0.1, 0.15) is 47.6 Å². The van der Waals surface area contributed by atoms with E-state index >= 15 is 0 Å². The number of pyridine rings is 1. The largest absolute Gasteiger partial charge is 0.375 e. The van der Waals surface area contributed by atoms with E-state index in [2.05, 4.69) is 37.6 Å². The molecular formula is C22H31N7OS. The minimum absolute atomic E-state index is 0.0101. The SMILES string of the molecule is CCNC(=NCc1ccc(-n2nc(C)cc2C)nc1)N(C)Cc1csc(C(C)OC)n1. The Morgan fingerprint density at radius 1 is 1.35 bits per heavy atom. The molecule has 0 spiro atoms. The number of nitrogens with one attached hydrogen (secondary N) is 1. The van der Waals surface area contributed by atoms with Crippen molar-refractivity contribution >= 4 is 17.3 Å². The van der Waals surface area contributed by atoms with E-state index < -0.39 is 0 Å². The van der Waals surface area contributed by atoms with Crippen molar-refractivity contribution in [2.75, 3.05) is 20.7 Å². The van der Waals surface area contributed by atoms with E-state index in [4.69, 9.17) is 9.73 Å². The fourth-order valence-corrected chi connectivity index (χ4v) is 3.97. The topological polar surface area (TPSA) is 80.5 Å². The van der Waals surface area contributed by atoms with E-state index in [0.717, 1.165) is 46.0 Å². The third-order valence-corrected chi connectivity index (χ3v) is 5.87. The number of guanidine groups is 1. The molecule has 3 rings (SSSR count). The minimum atomic E-state index is 0.0101. The van der Waals surface area contributed by atoms with Crippen LogP contribution in [0.4, 0.5) is 0 Å². The number of hydrogen-bond donors (Lipinski definition) is 1. The second-order valence-corrected chi connectivity index (χ2v) is 8.33. The Labute approximate surface area is 188 Å². The van der Waals surface area contributed by atoms with Gasteiger partial charge in [-0.2, -0.15) is 5.10 Å². The zero-order valence-electron chi connectivity index (χ0n) is 19.1. The molecule has 0 aliphatic heterocycles. The van der Waals surface area contributed by atoms with Gasteiger partial charge in [0.1, 0.15) is 11.1 Å². The lowest BCUT2D eigenvalue weighted by Crippen LogP contribution is -2.38. The first kappa shape index (κ1) is 22.9.